The summed E-state index contributed by atoms with van der Waals surface area (Å²) >= 11 is 1.72. The van der Waals surface area contributed by atoms with Gasteiger partial charge >= 0.3 is 0 Å². The lowest BCUT2D eigenvalue weighted by molar-refractivity contribution is 0.318. The molecule has 0 bridgehead atoms. The van der Waals surface area contributed by atoms with E-state index < -0.39 is 0 Å². The number of aromatic nitrogens is 2. The van der Waals surface area contributed by atoms with Crippen molar-refractivity contribution in [3.8, 4) is 0 Å². The Balaban J connectivity index is 0.00000264. The van der Waals surface area contributed by atoms with Gasteiger partial charge in [-0.05, 0) is 18.4 Å². The normalized spacial score (nSPS) is 13.3. The van der Waals surface area contributed by atoms with Crippen LogP contribution >= 0.6 is 35.3 Å². The van der Waals surface area contributed by atoms with Gasteiger partial charge in [0.25, 0.3) is 0 Å². The molecule has 0 saturated heterocycles. The number of hydrogen-bond donors (Lipinski definition) is 2. The molecule has 0 aliphatic rings. The molecule has 8 heteroatoms. The molecule has 0 saturated carbocycles. The van der Waals surface area contributed by atoms with E-state index in [9.17, 15) is 0 Å². The molecule has 2 aromatic rings. The fourth-order valence-electron chi connectivity index (χ4n) is 1.80. The summed E-state index contributed by atoms with van der Waals surface area (Å²) in [5.41, 5.74) is -0.140. The fraction of sp³-hybridized carbons (Fsp3) is 0.533. The summed E-state index contributed by atoms with van der Waals surface area (Å²) < 4.78 is 5.28. The summed E-state index contributed by atoms with van der Waals surface area (Å²) in [6.45, 7) is 8.70. The highest BCUT2D eigenvalue weighted by atomic mass is 127. The summed E-state index contributed by atoms with van der Waals surface area (Å²) in [7, 11) is 1.74. The molecule has 6 nitrogen and oxygen atoms in total. The molecule has 128 valence electrons. The lowest BCUT2D eigenvalue weighted by Crippen LogP contribution is -2.38. The third kappa shape index (κ3) is 5.76. The predicted molar refractivity (Wildman–Crippen MR) is 104 cm³/mol. The average molecular weight is 449 g/mol. The molecule has 2 N–H and O–H groups in total. The summed E-state index contributed by atoms with van der Waals surface area (Å²) in [4.78, 5) is 9.88. The van der Waals surface area contributed by atoms with Gasteiger partial charge in [-0.3, -0.25) is 4.99 Å². The third-order valence-electron chi connectivity index (χ3n) is 3.07. The van der Waals surface area contributed by atoms with Gasteiger partial charge in [0.05, 0.1) is 12.6 Å². The van der Waals surface area contributed by atoms with Crippen LogP contribution in [0.1, 0.15) is 50.3 Å². The van der Waals surface area contributed by atoms with Gasteiger partial charge in [-0.1, -0.05) is 32.0 Å². The van der Waals surface area contributed by atoms with E-state index in [1.165, 1.54) is 4.88 Å². The van der Waals surface area contributed by atoms with E-state index in [0.717, 1.165) is 0 Å². The lowest BCUT2D eigenvalue weighted by atomic mass is 9.97. The number of nitrogens with one attached hydrogen (secondary N) is 2. The molecule has 0 aromatic carbocycles. The molecule has 23 heavy (non-hydrogen) atoms. The van der Waals surface area contributed by atoms with E-state index in [2.05, 4.69) is 44.1 Å². The number of nitrogens with zero attached hydrogens (tertiary/aromatic N) is 3. The first-order valence-electron chi connectivity index (χ1n) is 7.24. The Hall–Kier alpha value is -1.16. The van der Waals surface area contributed by atoms with E-state index in [0.29, 0.717) is 24.2 Å². The van der Waals surface area contributed by atoms with Gasteiger partial charge in [-0.2, -0.15) is 4.98 Å². The molecule has 2 rings (SSSR count). The standard InChI is InChI=1S/C15H23N5OS.HI/c1-10(11-7-6-8-22-11)18-14(16-5)17-9-12-19-13(21-20-12)15(2,3)4;/h6-8,10H,9H2,1-5H3,(H2,16,17,18);1H. The average Bonchev–Trinajstić information content (AvgIpc) is 3.12. The number of guanidine groups is 1. The van der Waals surface area contributed by atoms with Crippen LogP contribution in [-0.4, -0.2) is 23.1 Å². The van der Waals surface area contributed by atoms with Crippen LogP contribution in [0.4, 0.5) is 0 Å². The van der Waals surface area contributed by atoms with E-state index >= 15 is 0 Å². The predicted octanol–water partition coefficient (Wildman–Crippen LogP) is 3.47. The Morgan fingerprint density at radius 1 is 1.43 bits per heavy atom. The minimum absolute atomic E-state index is 0. The van der Waals surface area contributed by atoms with Crippen LogP contribution < -0.4 is 10.6 Å². The first-order valence-corrected chi connectivity index (χ1v) is 8.11. The van der Waals surface area contributed by atoms with Gasteiger partial charge in [0.15, 0.2) is 11.8 Å². The van der Waals surface area contributed by atoms with Crippen LogP contribution in [0.25, 0.3) is 0 Å². The minimum Gasteiger partial charge on any atom is -0.349 e. The summed E-state index contributed by atoms with van der Waals surface area (Å²) in [6.07, 6.45) is 0. The second-order valence-corrected chi connectivity index (χ2v) is 7.05. The van der Waals surface area contributed by atoms with Crippen LogP contribution in [0.2, 0.25) is 0 Å². The van der Waals surface area contributed by atoms with Crippen LogP contribution in [-0.2, 0) is 12.0 Å². The summed E-state index contributed by atoms with van der Waals surface area (Å²) in [6, 6.07) is 4.34. The van der Waals surface area contributed by atoms with Crippen molar-refractivity contribution in [3.63, 3.8) is 0 Å². The van der Waals surface area contributed by atoms with Crippen molar-refractivity contribution in [2.75, 3.05) is 7.05 Å². The quantitative estimate of drug-likeness (QED) is 0.425. The lowest BCUT2D eigenvalue weighted by Gasteiger charge is -2.16. The second-order valence-electron chi connectivity index (χ2n) is 6.07. The molecule has 1 unspecified atom stereocenters. The van der Waals surface area contributed by atoms with Gasteiger partial charge < -0.3 is 15.2 Å². The Morgan fingerprint density at radius 2 is 2.17 bits per heavy atom. The second kappa shape index (κ2) is 8.62. The third-order valence-corrected chi connectivity index (χ3v) is 4.13. The van der Waals surface area contributed by atoms with Gasteiger partial charge in [0.1, 0.15) is 0 Å². The van der Waals surface area contributed by atoms with Crippen molar-refractivity contribution in [1.29, 1.82) is 0 Å². The number of hydrogen-bond acceptors (Lipinski definition) is 5. The molecule has 2 heterocycles. The van der Waals surface area contributed by atoms with Gasteiger partial charge in [-0.15, -0.1) is 35.3 Å². The minimum atomic E-state index is -0.140. The van der Waals surface area contributed by atoms with Crippen molar-refractivity contribution in [1.82, 2.24) is 20.8 Å². The SMILES string of the molecule is CN=C(NCc1noc(C(C)(C)C)n1)NC(C)c1cccs1.I. The van der Waals surface area contributed by atoms with E-state index in [1.54, 1.807) is 18.4 Å². The van der Waals surface area contributed by atoms with Gasteiger partial charge in [0.2, 0.25) is 5.89 Å². The van der Waals surface area contributed by atoms with Crippen molar-refractivity contribution < 1.29 is 4.52 Å². The smallest absolute Gasteiger partial charge is 0.232 e. The Kier molecular flexibility index (Phi) is 7.46. The molecule has 0 fully saturated rings. The molecular formula is C15H24IN5OS. The Labute approximate surface area is 158 Å². The molecule has 0 aliphatic heterocycles. The molecule has 0 radical (unpaired) electrons. The van der Waals surface area contributed by atoms with Gasteiger partial charge in [-0.25, -0.2) is 0 Å². The largest absolute Gasteiger partial charge is 0.349 e. The number of aliphatic imine (C=N–C) groups is 1. The van der Waals surface area contributed by atoms with Crippen LogP contribution in [0, 0.1) is 0 Å². The molecule has 1 atom stereocenters. The summed E-state index contributed by atoms with van der Waals surface area (Å²) in [5, 5.41) is 12.6. The van der Waals surface area contributed by atoms with E-state index in [-0.39, 0.29) is 35.4 Å². The van der Waals surface area contributed by atoms with E-state index in [4.69, 9.17) is 4.52 Å². The number of thiophene rings is 1. The first-order chi connectivity index (χ1) is 10.4. The topological polar surface area (TPSA) is 75.3 Å². The van der Waals surface area contributed by atoms with Crippen molar-refractivity contribution in [3.05, 3.63) is 34.1 Å². The number of halogens is 1. The van der Waals surface area contributed by atoms with Gasteiger partial charge in [0, 0.05) is 17.3 Å². The van der Waals surface area contributed by atoms with Crippen molar-refractivity contribution >= 4 is 41.3 Å². The Bertz CT molecular complexity index is 618. The molecule has 0 spiro atoms. The Morgan fingerprint density at radius 3 is 2.70 bits per heavy atom. The summed E-state index contributed by atoms with van der Waals surface area (Å²) in [5.74, 6) is 1.97. The van der Waals surface area contributed by atoms with Crippen LogP contribution in [0.5, 0.6) is 0 Å². The maximum Gasteiger partial charge on any atom is 0.232 e. The first kappa shape index (κ1) is 19.9. The molecule has 0 aliphatic carbocycles. The van der Waals surface area contributed by atoms with Crippen molar-refractivity contribution in [2.24, 2.45) is 4.99 Å². The zero-order valence-electron chi connectivity index (χ0n) is 14.1. The van der Waals surface area contributed by atoms with Crippen molar-refractivity contribution in [2.45, 2.75) is 45.7 Å². The molecular weight excluding hydrogens is 425 g/mol. The monoisotopic (exact) mass is 449 g/mol. The number of rotatable bonds is 4. The van der Waals surface area contributed by atoms with Crippen LogP contribution in [0.3, 0.4) is 0 Å². The zero-order chi connectivity index (χ0) is 16.2. The fourth-order valence-corrected chi connectivity index (χ4v) is 2.54. The van der Waals surface area contributed by atoms with E-state index in [1.807, 2.05) is 26.8 Å². The molecule has 2 aromatic heterocycles. The maximum atomic E-state index is 5.28. The molecule has 0 amide bonds. The highest BCUT2D eigenvalue weighted by Gasteiger charge is 2.21. The van der Waals surface area contributed by atoms with Crippen LogP contribution in [0.15, 0.2) is 27.0 Å². The maximum absolute atomic E-state index is 5.28. The highest BCUT2D eigenvalue weighted by Crippen LogP contribution is 2.20. The highest BCUT2D eigenvalue weighted by molar-refractivity contribution is 14.0. The zero-order valence-corrected chi connectivity index (χ0v) is 17.2.